The molecule has 0 saturated carbocycles. The number of rotatable bonds is 3. The standard InChI is InChI=1S/C34H26N5S/c1-24-20-22-26(23-21-24)38-32(40)37(25-12-4-2-5-13-25)33-30-18-10-8-16-28(30)29-17-9-11-19-31(29)34(33,38)36-39(35-33)27-14-6-3-7-15-27/h2-23H,1H3,(H,35,36)/q+1/t33-,34+/m0/s1. The van der Waals surface area contributed by atoms with E-state index in [1.165, 1.54) is 11.1 Å². The van der Waals surface area contributed by atoms with Gasteiger partial charge in [0.05, 0.1) is 0 Å². The summed E-state index contributed by atoms with van der Waals surface area (Å²) < 4.78 is 0. The van der Waals surface area contributed by atoms with Crippen LogP contribution in [0.25, 0.3) is 11.1 Å². The Kier molecular flexibility index (Phi) is 4.82. The van der Waals surface area contributed by atoms with Crippen LogP contribution in [0.2, 0.25) is 0 Å². The number of hydrogen-bond donors (Lipinski definition) is 1. The van der Waals surface area contributed by atoms with E-state index in [9.17, 15) is 0 Å². The van der Waals surface area contributed by atoms with E-state index in [1.54, 1.807) is 0 Å². The van der Waals surface area contributed by atoms with E-state index in [0.29, 0.717) is 5.11 Å². The number of nitrogens with zero attached hydrogens (tertiary/aromatic N) is 4. The minimum absolute atomic E-state index is 0.686. The predicted molar refractivity (Wildman–Crippen MR) is 162 cm³/mol. The molecule has 2 atom stereocenters. The summed E-state index contributed by atoms with van der Waals surface area (Å²) in [5.41, 5.74) is 10.8. The molecule has 3 aliphatic rings. The van der Waals surface area contributed by atoms with Gasteiger partial charge >= 0.3 is 0 Å². The van der Waals surface area contributed by atoms with Crippen LogP contribution in [0.1, 0.15) is 16.7 Å². The van der Waals surface area contributed by atoms with E-state index in [-0.39, 0.29) is 0 Å². The average molecular weight is 537 g/mol. The fraction of sp³-hybridized carbons (Fsp3) is 0.0882. The second-order valence-corrected chi connectivity index (χ2v) is 10.8. The van der Waals surface area contributed by atoms with Crippen molar-refractivity contribution in [2.24, 2.45) is 5.11 Å². The quantitative estimate of drug-likeness (QED) is 0.190. The van der Waals surface area contributed by atoms with Crippen LogP contribution in [0.5, 0.6) is 0 Å². The number of thiocarbonyl (C=S) groups is 1. The summed E-state index contributed by atoms with van der Waals surface area (Å²) in [6.07, 6.45) is 0. The molecule has 1 N–H and O–H groups in total. The van der Waals surface area contributed by atoms with E-state index in [0.717, 1.165) is 33.8 Å². The molecule has 0 radical (unpaired) electrons. The minimum Gasteiger partial charge on any atom is -0.282 e. The maximum absolute atomic E-state index is 6.46. The average Bonchev–Trinajstić information content (AvgIpc) is 3.47. The monoisotopic (exact) mass is 536 g/mol. The molecule has 0 amide bonds. The van der Waals surface area contributed by atoms with Crippen molar-refractivity contribution < 1.29 is 4.81 Å². The maximum atomic E-state index is 6.46. The number of fused-ring (bicyclic) bond motifs is 3. The molecular weight excluding hydrogens is 510 g/mol. The van der Waals surface area contributed by atoms with Crippen molar-refractivity contribution in [1.29, 1.82) is 0 Å². The molecule has 6 heteroatoms. The molecule has 0 spiro atoms. The highest BCUT2D eigenvalue weighted by Gasteiger charge is 2.79. The first kappa shape index (κ1) is 23.1. The molecule has 1 fully saturated rings. The van der Waals surface area contributed by atoms with E-state index in [4.69, 9.17) is 17.3 Å². The van der Waals surface area contributed by atoms with Gasteiger partial charge in [-0.05, 0) is 54.5 Å². The zero-order valence-electron chi connectivity index (χ0n) is 21.9. The number of nitrogens with one attached hydrogen (secondary N) is 1. The zero-order valence-corrected chi connectivity index (χ0v) is 22.7. The number of hydrogen-bond acceptors (Lipinski definition) is 3. The van der Waals surface area contributed by atoms with Crippen LogP contribution < -0.4 is 15.2 Å². The second kappa shape index (κ2) is 8.34. The molecule has 5 aromatic carbocycles. The molecule has 192 valence electrons. The van der Waals surface area contributed by atoms with Crippen LogP contribution in [-0.2, 0) is 11.3 Å². The summed E-state index contributed by atoms with van der Waals surface area (Å²) in [6, 6.07) is 46.5. The van der Waals surface area contributed by atoms with Gasteiger partial charge in [-0.15, -0.1) is 5.43 Å². The number of para-hydroxylation sites is 2. The van der Waals surface area contributed by atoms with Gasteiger partial charge in [-0.3, -0.25) is 9.80 Å². The molecule has 0 unspecified atom stereocenters. The zero-order chi connectivity index (χ0) is 26.9. The van der Waals surface area contributed by atoms with Crippen molar-refractivity contribution in [1.82, 2.24) is 5.43 Å². The normalized spacial score (nSPS) is 22.1. The Balaban J connectivity index is 1.55. The first-order chi connectivity index (χ1) is 19.6. The van der Waals surface area contributed by atoms with Crippen LogP contribution in [0.3, 0.4) is 0 Å². The number of benzene rings is 5. The summed E-state index contributed by atoms with van der Waals surface area (Å²) >= 11 is 6.46. The van der Waals surface area contributed by atoms with Gasteiger partial charge in [-0.1, -0.05) is 103 Å². The minimum atomic E-state index is -0.948. The molecule has 0 bridgehead atoms. The first-order valence-corrected chi connectivity index (χ1v) is 13.9. The van der Waals surface area contributed by atoms with E-state index in [1.807, 2.05) is 29.1 Å². The fourth-order valence-corrected chi connectivity index (χ4v) is 7.10. The smallest absolute Gasteiger partial charge is 0.282 e. The van der Waals surface area contributed by atoms with Gasteiger partial charge in [-0.25, -0.2) is 0 Å². The Morgan fingerprint density at radius 2 is 1.18 bits per heavy atom. The van der Waals surface area contributed by atoms with E-state index >= 15 is 0 Å². The highest BCUT2D eigenvalue weighted by atomic mass is 32.1. The van der Waals surface area contributed by atoms with Gasteiger partial charge in [0, 0.05) is 44.6 Å². The van der Waals surface area contributed by atoms with Gasteiger partial charge in [0.1, 0.15) is 0 Å². The predicted octanol–water partition coefficient (Wildman–Crippen LogP) is 7.61. The summed E-state index contributed by atoms with van der Waals surface area (Å²) in [7, 11) is 0. The third-order valence-electron chi connectivity index (χ3n) is 8.28. The van der Waals surface area contributed by atoms with Crippen LogP contribution in [-0.4, -0.2) is 9.92 Å². The molecular formula is C34H26N5S+. The Morgan fingerprint density at radius 3 is 1.88 bits per heavy atom. The fourth-order valence-electron chi connectivity index (χ4n) is 6.62. The Labute approximate surface area is 238 Å². The number of aryl methyl sites for hydroxylation is 1. The lowest BCUT2D eigenvalue weighted by Crippen LogP contribution is -2.63. The topological polar surface area (TPSA) is 33.9 Å². The number of azo groups is 1. The van der Waals surface area contributed by atoms with Crippen molar-refractivity contribution in [3.8, 4) is 11.1 Å². The van der Waals surface area contributed by atoms with E-state index < -0.39 is 11.3 Å². The molecule has 40 heavy (non-hydrogen) atoms. The molecule has 8 rings (SSSR count). The van der Waals surface area contributed by atoms with Crippen molar-refractivity contribution in [2.75, 3.05) is 9.80 Å². The molecule has 2 heterocycles. The summed E-state index contributed by atoms with van der Waals surface area (Å²) in [6.45, 7) is 2.11. The van der Waals surface area contributed by atoms with Gasteiger partial charge in [-0.2, -0.15) is 0 Å². The Hall–Kier alpha value is -4.81. The third kappa shape index (κ3) is 2.83. The molecule has 5 nitrogen and oxygen atoms in total. The van der Waals surface area contributed by atoms with E-state index in [2.05, 4.69) is 131 Å². The first-order valence-electron chi connectivity index (χ1n) is 13.5. The van der Waals surface area contributed by atoms with Crippen molar-refractivity contribution in [3.05, 3.63) is 150 Å². The number of hydrazine groups is 1. The van der Waals surface area contributed by atoms with Crippen molar-refractivity contribution in [3.63, 3.8) is 0 Å². The van der Waals surface area contributed by atoms with Crippen LogP contribution in [0, 0.1) is 6.92 Å². The largest absolute Gasteiger partial charge is 0.282 e. The van der Waals surface area contributed by atoms with Gasteiger partial charge < -0.3 is 0 Å². The van der Waals surface area contributed by atoms with Crippen LogP contribution in [0.15, 0.2) is 139 Å². The highest BCUT2D eigenvalue weighted by molar-refractivity contribution is 7.80. The second-order valence-electron chi connectivity index (χ2n) is 10.5. The molecule has 0 aromatic heterocycles. The molecule has 1 saturated heterocycles. The lowest BCUT2D eigenvalue weighted by molar-refractivity contribution is -0.568. The van der Waals surface area contributed by atoms with Crippen LogP contribution >= 0.6 is 12.2 Å². The lowest BCUT2D eigenvalue weighted by atomic mass is 9.71. The van der Waals surface area contributed by atoms with Crippen molar-refractivity contribution >= 4 is 34.4 Å². The van der Waals surface area contributed by atoms with Gasteiger partial charge in [0.25, 0.3) is 17.0 Å². The lowest BCUT2D eigenvalue weighted by Gasteiger charge is -2.44. The SMILES string of the molecule is Cc1ccc(N2C(=S)N(c3ccccc3)[C@]34N[N+](c5ccccc5)=N[C@]23c2ccccc2-c2ccccc24)cc1. The summed E-state index contributed by atoms with van der Waals surface area (Å²) in [5.74, 6) is 0. The maximum Gasteiger partial charge on any atom is 0.282 e. The summed E-state index contributed by atoms with van der Waals surface area (Å²) in [5, 5.41) is 6.32. The van der Waals surface area contributed by atoms with Crippen molar-refractivity contribution in [2.45, 2.75) is 18.2 Å². The molecule has 1 aliphatic carbocycles. The van der Waals surface area contributed by atoms with Crippen LogP contribution in [0.4, 0.5) is 17.1 Å². The molecule has 5 aromatic rings. The summed E-state index contributed by atoms with van der Waals surface area (Å²) in [4.78, 5) is 6.46. The van der Waals surface area contributed by atoms with Gasteiger partial charge in [0.2, 0.25) is 0 Å². The van der Waals surface area contributed by atoms with Gasteiger partial charge in [0.15, 0.2) is 5.11 Å². The third-order valence-corrected chi connectivity index (χ3v) is 8.64. The Morgan fingerprint density at radius 1 is 0.625 bits per heavy atom. The Bertz CT molecular complexity index is 1820. The highest BCUT2D eigenvalue weighted by Crippen LogP contribution is 2.64. The number of anilines is 2. The molecule has 2 aliphatic heterocycles.